The molecule has 0 unspecified atom stereocenters. The predicted octanol–water partition coefficient (Wildman–Crippen LogP) is 1.69. The molecular weight excluding hydrogens is 497 g/mol. The second-order valence-electron chi connectivity index (χ2n) is 7.28. The van der Waals surface area contributed by atoms with E-state index in [2.05, 4.69) is 5.32 Å². The van der Waals surface area contributed by atoms with E-state index in [4.69, 9.17) is 37.9 Å². The third-order valence-electron chi connectivity index (χ3n) is 4.73. The highest BCUT2D eigenvalue weighted by molar-refractivity contribution is 6.22. The Morgan fingerprint density at radius 2 is 1.57 bits per heavy atom. The molecule has 0 saturated carbocycles. The van der Waals surface area contributed by atoms with Gasteiger partial charge in [0, 0.05) is 26.4 Å². The Hall–Kier alpha value is -3.78. The monoisotopic (exact) mass is 523 g/mol. The molecule has 0 aliphatic carbocycles. The number of imide groups is 1. The molecule has 0 saturated heterocycles. The lowest BCUT2D eigenvalue weighted by molar-refractivity contribution is -0.136. The first kappa shape index (κ1) is 27.8. The number of nitrogens with one attached hydrogen (secondary N) is 1. The number of hydrogen-bond acceptors (Lipinski definition) is 11. The van der Waals surface area contributed by atoms with Crippen LogP contribution in [0.25, 0.3) is 0 Å². The van der Waals surface area contributed by atoms with Gasteiger partial charge in [-0.1, -0.05) is 6.07 Å². The van der Waals surface area contributed by atoms with E-state index in [1.54, 1.807) is 0 Å². The van der Waals surface area contributed by atoms with Crippen molar-refractivity contribution in [3.8, 4) is 23.0 Å². The molecule has 3 rings (SSSR count). The Kier molecular flexibility index (Phi) is 10.6. The maximum absolute atomic E-state index is 14.8. The number of methoxy groups -OCH3 is 2. The summed E-state index contributed by atoms with van der Waals surface area (Å²) in [6, 6.07) is 6.55. The van der Waals surface area contributed by atoms with Gasteiger partial charge in [0.15, 0.2) is 37.5 Å². The summed E-state index contributed by atoms with van der Waals surface area (Å²) in [5.74, 6) is -3.54. The van der Waals surface area contributed by atoms with Crippen molar-refractivity contribution in [1.82, 2.24) is 5.32 Å². The fourth-order valence-corrected chi connectivity index (χ4v) is 3.06. The van der Waals surface area contributed by atoms with Crippen molar-refractivity contribution in [2.24, 2.45) is 0 Å². The predicted molar refractivity (Wildman–Crippen MR) is 122 cm³/mol. The van der Waals surface area contributed by atoms with Gasteiger partial charge in [0.1, 0.15) is 11.5 Å². The SMILES string of the molecule is COCCOCOc1cc(OC(=O)COc2cccc3c2C(=O)NC3=O)cc(F)c1OCOCCOC. The Balaban J connectivity index is 1.65. The molecular formula is C24H26FNO11. The van der Waals surface area contributed by atoms with Crippen LogP contribution in [0.4, 0.5) is 4.39 Å². The number of benzene rings is 2. The van der Waals surface area contributed by atoms with E-state index >= 15 is 0 Å². The Labute approximate surface area is 211 Å². The molecule has 0 aromatic heterocycles. The van der Waals surface area contributed by atoms with Crippen LogP contribution in [0.2, 0.25) is 0 Å². The van der Waals surface area contributed by atoms with E-state index in [-0.39, 0.29) is 60.9 Å². The van der Waals surface area contributed by atoms with E-state index < -0.39 is 30.2 Å². The molecule has 0 spiro atoms. The maximum Gasteiger partial charge on any atom is 0.349 e. The Morgan fingerprint density at radius 3 is 2.27 bits per heavy atom. The molecule has 1 aliphatic heterocycles. The van der Waals surface area contributed by atoms with E-state index in [0.29, 0.717) is 13.2 Å². The quantitative estimate of drug-likeness (QED) is 0.113. The number of carbonyl (C=O) groups is 3. The average Bonchev–Trinajstić information content (AvgIpc) is 3.17. The van der Waals surface area contributed by atoms with E-state index in [1.807, 2.05) is 0 Å². The summed E-state index contributed by atoms with van der Waals surface area (Å²) in [5.41, 5.74) is 0.152. The Bertz CT molecular complexity index is 1110. The van der Waals surface area contributed by atoms with Crippen LogP contribution >= 0.6 is 0 Å². The van der Waals surface area contributed by atoms with Crippen LogP contribution in [0, 0.1) is 5.82 Å². The lowest BCUT2D eigenvalue weighted by Gasteiger charge is -2.15. The van der Waals surface area contributed by atoms with Gasteiger partial charge >= 0.3 is 5.97 Å². The second kappa shape index (κ2) is 14.1. The normalized spacial score (nSPS) is 12.2. The van der Waals surface area contributed by atoms with Gasteiger partial charge in [0.05, 0.1) is 37.6 Å². The number of hydrogen-bond donors (Lipinski definition) is 1. The molecule has 13 heteroatoms. The molecule has 0 atom stereocenters. The van der Waals surface area contributed by atoms with E-state index in [0.717, 1.165) is 6.07 Å². The highest BCUT2D eigenvalue weighted by Crippen LogP contribution is 2.35. The summed E-state index contributed by atoms with van der Waals surface area (Å²) < 4.78 is 56.3. The van der Waals surface area contributed by atoms with Gasteiger partial charge in [-0.15, -0.1) is 0 Å². The smallest absolute Gasteiger partial charge is 0.349 e. The largest absolute Gasteiger partial charge is 0.481 e. The van der Waals surface area contributed by atoms with Gasteiger partial charge in [-0.2, -0.15) is 0 Å². The standard InChI is InChI=1S/C24H26FNO11/c1-30-6-8-32-13-35-19-11-15(10-17(25)22(19)36-14-33-9-7-31-2)37-20(27)12-34-18-5-3-4-16-21(18)24(29)26-23(16)28/h3-5,10-11H,6-9,12-14H2,1-2H3,(H,26,28,29). The van der Waals surface area contributed by atoms with E-state index in [9.17, 15) is 18.8 Å². The zero-order valence-electron chi connectivity index (χ0n) is 20.2. The minimum Gasteiger partial charge on any atom is -0.481 e. The lowest BCUT2D eigenvalue weighted by atomic mass is 10.1. The summed E-state index contributed by atoms with van der Waals surface area (Å²) in [6.45, 7) is -0.0609. The van der Waals surface area contributed by atoms with Crippen molar-refractivity contribution in [2.75, 3.05) is 60.8 Å². The summed E-state index contributed by atoms with van der Waals surface area (Å²) in [6.07, 6.45) is 0. The molecule has 37 heavy (non-hydrogen) atoms. The summed E-state index contributed by atoms with van der Waals surface area (Å²) >= 11 is 0. The second-order valence-corrected chi connectivity index (χ2v) is 7.28. The summed E-state index contributed by atoms with van der Waals surface area (Å²) in [5, 5.41) is 2.15. The highest BCUT2D eigenvalue weighted by atomic mass is 19.1. The molecule has 1 aliphatic rings. The number of halogens is 1. The first-order valence-electron chi connectivity index (χ1n) is 11.0. The van der Waals surface area contributed by atoms with Gasteiger partial charge in [0.25, 0.3) is 11.8 Å². The molecule has 2 aromatic carbocycles. The summed E-state index contributed by atoms with van der Waals surface area (Å²) in [4.78, 5) is 36.1. The number of rotatable bonds is 16. The van der Waals surface area contributed by atoms with Crippen LogP contribution in [-0.4, -0.2) is 78.6 Å². The topological polar surface area (TPSA) is 137 Å². The average molecular weight is 523 g/mol. The molecule has 2 amide bonds. The zero-order chi connectivity index (χ0) is 26.6. The third kappa shape index (κ3) is 7.85. The van der Waals surface area contributed by atoms with Crippen molar-refractivity contribution in [3.05, 3.63) is 47.3 Å². The van der Waals surface area contributed by atoms with Gasteiger partial charge in [-0.05, 0) is 12.1 Å². The molecule has 0 bridgehead atoms. The maximum atomic E-state index is 14.8. The van der Waals surface area contributed by atoms with Gasteiger partial charge in [0.2, 0.25) is 0 Å². The molecule has 1 N–H and O–H groups in total. The van der Waals surface area contributed by atoms with Gasteiger partial charge in [-0.3, -0.25) is 14.9 Å². The van der Waals surface area contributed by atoms with Crippen LogP contribution in [0.3, 0.4) is 0 Å². The van der Waals surface area contributed by atoms with Gasteiger partial charge in [-0.25, -0.2) is 9.18 Å². The fourth-order valence-electron chi connectivity index (χ4n) is 3.06. The summed E-state index contributed by atoms with van der Waals surface area (Å²) in [7, 11) is 3.02. The zero-order valence-corrected chi connectivity index (χ0v) is 20.2. The number of ether oxygens (including phenoxy) is 8. The van der Waals surface area contributed by atoms with Crippen LogP contribution in [-0.2, 0) is 23.7 Å². The van der Waals surface area contributed by atoms with Crippen molar-refractivity contribution >= 4 is 17.8 Å². The van der Waals surface area contributed by atoms with Crippen LogP contribution in [0.1, 0.15) is 20.7 Å². The molecule has 2 aromatic rings. The van der Waals surface area contributed by atoms with Crippen LogP contribution < -0.4 is 24.3 Å². The van der Waals surface area contributed by atoms with Crippen molar-refractivity contribution in [1.29, 1.82) is 0 Å². The van der Waals surface area contributed by atoms with Crippen molar-refractivity contribution in [2.45, 2.75) is 0 Å². The molecule has 0 radical (unpaired) electrons. The number of fused-ring (bicyclic) bond motifs is 1. The number of esters is 1. The third-order valence-corrected chi connectivity index (χ3v) is 4.73. The first-order valence-corrected chi connectivity index (χ1v) is 11.0. The minimum absolute atomic E-state index is 0.0183. The molecule has 12 nitrogen and oxygen atoms in total. The van der Waals surface area contributed by atoms with Crippen LogP contribution in [0.15, 0.2) is 30.3 Å². The highest BCUT2D eigenvalue weighted by Gasteiger charge is 2.30. The van der Waals surface area contributed by atoms with Crippen molar-refractivity contribution in [3.63, 3.8) is 0 Å². The molecule has 200 valence electrons. The van der Waals surface area contributed by atoms with Gasteiger partial charge < -0.3 is 37.9 Å². The minimum atomic E-state index is -0.902. The number of carbonyl (C=O) groups excluding carboxylic acids is 3. The molecule has 1 heterocycles. The Morgan fingerprint density at radius 1 is 0.865 bits per heavy atom. The molecule has 0 fully saturated rings. The van der Waals surface area contributed by atoms with Crippen molar-refractivity contribution < 1.29 is 56.7 Å². The fraction of sp³-hybridized carbons (Fsp3) is 0.375. The number of amides is 2. The lowest BCUT2D eigenvalue weighted by Crippen LogP contribution is -2.21. The first-order chi connectivity index (χ1) is 17.9. The van der Waals surface area contributed by atoms with Crippen LogP contribution in [0.5, 0.6) is 23.0 Å². The van der Waals surface area contributed by atoms with E-state index in [1.165, 1.54) is 38.5 Å².